The molecule has 1 N–H and O–H groups in total. The molecule has 92 valence electrons. The van der Waals surface area contributed by atoms with Gasteiger partial charge in [-0.25, -0.2) is 0 Å². The standard InChI is InChI=1S/C12H17NO.C2H6.H2/c1-2-3-5-10-12(14)13-11-8-6-4-7-9-11;1-2;/h4,6-9H,2-3,5,10H2,1H3,(H,13,14);1-2H3;1H. The highest BCUT2D eigenvalue weighted by molar-refractivity contribution is 5.90. The van der Waals surface area contributed by atoms with E-state index in [1.54, 1.807) is 0 Å². The fraction of sp³-hybridized carbons (Fsp3) is 0.500. The van der Waals surface area contributed by atoms with Crippen molar-refractivity contribution >= 4 is 11.6 Å². The third kappa shape index (κ3) is 7.04. The summed E-state index contributed by atoms with van der Waals surface area (Å²) in [6.07, 6.45) is 3.89. The quantitative estimate of drug-likeness (QED) is 0.733. The maximum absolute atomic E-state index is 11.4. The second-order valence-electron chi connectivity index (χ2n) is 3.37. The topological polar surface area (TPSA) is 29.1 Å². The summed E-state index contributed by atoms with van der Waals surface area (Å²) in [5, 5.41) is 2.86. The molecule has 0 spiro atoms. The monoisotopic (exact) mass is 223 g/mol. The Labute approximate surface area is 101 Å². The predicted octanol–water partition coefficient (Wildman–Crippen LogP) is 4.48. The van der Waals surface area contributed by atoms with Gasteiger partial charge >= 0.3 is 0 Å². The molecule has 0 radical (unpaired) electrons. The molecule has 0 atom stereocenters. The van der Waals surface area contributed by atoms with Crippen molar-refractivity contribution in [2.24, 2.45) is 0 Å². The second kappa shape index (κ2) is 10.2. The molecule has 0 saturated carbocycles. The molecule has 1 aromatic rings. The molecule has 0 aliphatic rings. The SMILES string of the molecule is CC.CCCCCC(=O)Nc1ccccc1.[HH]. The van der Waals surface area contributed by atoms with Crippen molar-refractivity contribution in [3.05, 3.63) is 30.3 Å². The van der Waals surface area contributed by atoms with Gasteiger partial charge in [0, 0.05) is 13.5 Å². The van der Waals surface area contributed by atoms with Gasteiger partial charge in [0.1, 0.15) is 0 Å². The number of carbonyl (C=O) groups is 1. The van der Waals surface area contributed by atoms with Crippen molar-refractivity contribution in [1.82, 2.24) is 0 Å². The highest BCUT2D eigenvalue weighted by Crippen LogP contribution is 2.07. The summed E-state index contributed by atoms with van der Waals surface area (Å²) in [5.41, 5.74) is 0.883. The Balaban J connectivity index is 0. The molecule has 1 rings (SSSR count). The van der Waals surface area contributed by atoms with E-state index in [1.807, 2.05) is 44.2 Å². The number of anilines is 1. The molecule has 0 heterocycles. The fourth-order valence-electron chi connectivity index (χ4n) is 1.28. The first-order valence-electron chi connectivity index (χ1n) is 6.18. The number of amides is 1. The number of hydrogen-bond donors (Lipinski definition) is 1. The number of hydrogen-bond acceptors (Lipinski definition) is 1. The molecule has 0 fully saturated rings. The van der Waals surface area contributed by atoms with E-state index in [4.69, 9.17) is 0 Å². The van der Waals surface area contributed by atoms with Crippen LogP contribution in [0.3, 0.4) is 0 Å². The first-order valence-corrected chi connectivity index (χ1v) is 6.18. The minimum Gasteiger partial charge on any atom is -0.326 e. The molecule has 16 heavy (non-hydrogen) atoms. The number of unbranched alkanes of at least 4 members (excludes halogenated alkanes) is 2. The summed E-state index contributed by atoms with van der Waals surface area (Å²) >= 11 is 0. The molecule has 0 aliphatic heterocycles. The van der Waals surface area contributed by atoms with Gasteiger partial charge in [0.15, 0.2) is 0 Å². The Morgan fingerprint density at radius 2 is 1.81 bits per heavy atom. The fourth-order valence-corrected chi connectivity index (χ4v) is 1.28. The van der Waals surface area contributed by atoms with Crippen molar-refractivity contribution in [2.75, 3.05) is 5.32 Å². The smallest absolute Gasteiger partial charge is 0.224 e. The maximum atomic E-state index is 11.4. The number of rotatable bonds is 5. The van der Waals surface area contributed by atoms with Gasteiger partial charge in [-0.05, 0) is 18.6 Å². The number of para-hydroxylation sites is 1. The molecule has 2 nitrogen and oxygen atoms in total. The van der Waals surface area contributed by atoms with Crippen LogP contribution in [0, 0.1) is 0 Å². The summed E-state index contributed by atoms with van der Waals surface area (Å²) in [7, 11) is 0. The van der Waals surface area contributed by atoms with Crippen LogP contribution >= 0.6 is 0 Å². The molecule has 1 amide bonds. The molecule has 0 aliphatic carbocycles. The lowest BCUT2D eigenvalue weighted by Crippen LogP contribution is -2.10. The van der Waals surface area contributed by atoms with E-state index in [0.717, 1.165) is 24.9 Å². The van der Waals surface area contributed by atoms with Crippen molar-refractivity contribution in [3.63, 3.8) is 0 Å². The van der Waals surface area contributed by atoms with E-state index in [9.17, 15) is 4.79 Å². The zero-order valence-corrected chi connectivity index (χ0v) is 10.6. The summed E-state index contributed by atoms with van der Waals surface area (Å²) in [6.45, 7) is 6.13. The van der Waals surface area contributed by atoms with Crippen LogP contribution in [0.15, 0.2) is 30.3 Å². The Hall–Kier alpha value is -1.31. The zero-order chi connectivity index (χ0) is 12.2. The van der Waals surface area contributed by atoms with Crippen LogP contribution in [0.1, 0.15) is 47.9 Å². The van der Waals surface area contributed by atoms with Gasteiger partial charge in [-0.2, -0.15) is 0 Å². The third-order valence-corrected chi connectivity index (χ3v) is 2.06. The molecule has 0 saturated heterocycles. The van der Waals surface area contributed by atoms with Gasteiger partial charge in [0.2, 0.25) is 5.91 Å². The van der Waals surface area contributed by atoms with Crippen molar-refractivity contribution in [1.29, 1.82) is 0 Å². The van der Waals surface area contributed by atoms with Crippen LogP contribution in [0.4, 0.5) is 5.69 Å². The highest BCUT2D eigenvalue weighted by Gasteiger charge is 2.00. The Kier molecular flexibility index (Phi) is 9.38. The van der Waals surface area contributed by atoms with E-state index in [2.05, 4.69) is 12.2 Å². The minimum atomic E-state index is 0. The van der Waals surface area contributed by atoms with Crippen molar-refractivity contribution in [3.8, 4) is 0 Å². The van der Waals surface area contributed by atoms with E-state index in [-0.39, 0.29) is 7.33 Å². The summed E-state index contributed by atoms with van der Waals surface area (Å²) < 4.78 is 0. The van der Waals surface area contributed by atoms with E-state index >= 15 is 0 Å². The van der Waals surface area contributed by atoms with Gasteiger partial charge < -0.3 is 5.32 Å². The van der Waals surface area contributed by atoms with Crippen LogP contribution in [0.2, 0.25) is 0 Å². The third-order valence-electron chi connectivity index (χ3n) is 2.06. The second-order valence-corrected chi connectivity index (χ2v) is 3.37. The zero-order valence-electron chi connectivity index (χ0n) is 10.6. The number of nitrogens with one attached hydrogen (secondary N) is 1. The van der Waals surface area contributed by atoms with Gasteiger partial charge in [0.25, 0.3) is 0 Å². The lowest BCUT2D eigenvalue weighted by molar-refractivity contribution is -0.116. The Bertz CT molecular complexity index is 275. The Morgan fingerprint density at radius 3 is 2.38 bits per heavy atom. The molecular weight excluding hydrogens is 198 g/mol. The van der Waals surface area contributed by atoms with Crippen molar-refractivity contribution < 1.29 is 6.22 Å². The van der Waals surface area contributed by atoms with Gasteiger partial charge in [0.05, 0.1) is 0 Å². The van der Waals surface area contributed by atoms with Gasteiger partial charge in [-0.3, -0.25) is 4.79 Å². The molecule has 1 aromatic carbocycles. The maximum Gasteiger partial charge on any atom is 0.224 e. The molecule has 0 aromatic heterocycles. The predicted molar refractivity (Wildman–Crippen MR) is 72.7 cm³/mol. The van der Waals surface area contributed by atoms with Crippen LogP contribution in [-0.2, 0) is 4.79 Å². The largest absolute Gasteiger partial charge is 0.326 e. The molecule has 0 unspecified atom stereocenters. The summed E-state index contributed by atoms with van der Waals surface area (Å²) in [5.74, 6) is 0.115. The first kappa shape index (κ1) is 14.7. The lowest BCUT2D eigenvalue weighted by atomic mass is 10.2. The van der Waals surface area contributed by atoms with E-state index in [1.165, 1.54) is 0 Å². The van der Waals surface area contributed by atoms with Crippen LogP contribution in [0.25, 0.3) is 0 Å². The molecule has 0 bridgehead atoms. The Morgan fingerprint density at radius 1 is 1.19 bits per heavy atom. The number of carbonyl (C=O) groups excluding carboxylic acids is 1. The van der Waals surface area contributed by atoms with Crippen LogP contribution in [-0.4, -0.2) is 5.91 Å². The van der Waals surface area contributed by atoms with E-state index < -0.39 is 0 Å². The molecular formula is C14H25NO. The average Bonchev–Trinajstić information content (AvgIpc) is 2.33. The van der Waals surface area contributed by atoms with Gasteiger partial charge in [-0.15, -0.1) is 0 Å². The minimum absolute atomic E-state index is 0. The summed E-state index contributed by atoms with van der Waals surface area (Å²) in [4.78, 5) is 11.4. The summed E-state index contributed by atoms with van der Waals surface area (Å²) in [6, 6.07) is 9.57. The van der Waals surface area contributed by atoms with Crippen molar-refractivity contribution in [2.45, 2.75) is 46.5 Å². The average molecular weight is 223 g/mol. The number of benzene rings is 1. The van der Waals surface area contributed by atoms with E-state index in [0.29, 0.717) is 6.42 Å². The lowest BCUT2D eigenvalue weighted by Gasteiger charge is -2.03. The van der Waals surface area contributed by atoms with Crippen LogP contribution in [0.5, 0.6) is 0 Å². The van der Waals surface area contributed by atoms with Crippen LogP contribution < -0.4 is 5.32 Å². The first-order chi connectivity index (χ1) is 7.83. The highest BCUT2D eigenvalue weighted by atomic mass is 16.1. The normalized spacial score (nSPS) is 8.94. The molecule has 2 heteroatoms. The van der Waals surface area contributed by atoms with Gasteiger partial charge in [-0.1, -0.05) is 51.8 Å².